The van der Waals surface area contributed by atoms with E-state index in [1.54, 1.807) is 19.0 Å². The van der Waals surface area contributed by atoms with Crippen molar-refractivity contribution in [1.82, 2.24) is 20.0 Å². The quantitative estimate of drug-likeness (QED) is 0.807. The maximum Gasteiger partial charge on any atom is 0.230 e. The molecule has 3 fully saturated rings. The predicted molar refractivity (Wildman–Crippen MR) is 93.6 cm³/mol. The van der Waals surface area contributed by atoms with Crippen molar-refractivity contribution in [3.05, 3.63) is 0 Å². The lowest BCUT2D eigenvalue weighted by Gasteiger charge is -2.43. The van der Waals surface area contributed by atoms with Gasteiger partial charge in [0.15, 0.2) is 0 Å². The largest absolute Gasteiger partial charge is 0.349 e. The minimum Gasteiger partial charge on any atom is -0.349 e. The first-order valence-corrected chi connectivity index (χ1v) is 9.45. The Morgan fingerprint density at radius 1 is 1.17 bits per heavy atom. The van der Waals surface area contributed by atoms with Crippen LogP contribution in [-0.2, 0) is 9.59 Å². The molecule has 0 bridgehead atoms. The minimum atomic E-state index is -0.124. The summed E-state index contributed by atoms with van der Waals surface area (Å²) in [6.45, 7) is 6.08. The highest BCUT2D eigenvalue weighted by Gasteiger charge is 2.51. The fraction of sp³-hybridized carbons (Fsp3) is 0.889. The van der Waals surface area contributed by atoms with Crippen molar-refractivity contribution >= 4 is 11.8 Å². The molecule has 6 heteroatoms. The van der Waals surface area contributed by atoms with E-state index < -0.39 is 0 Å². The third-order valence-corrected chi connectivity index (χ3v) is 6.26. The molecular formula is C18H32N4O2. The molecule has 6 nitrogen and oxygen atoms in total. The standard InChI is InChI=1S/C18H32N4O2/c1-20(2)16(23)6-8-21-9-11-22(12-10-21)17(24)18-7-4-3-5-15(18)13-19-14-18/h15,19H,3-14H2,1-2H3/t15-,18+/m0/s1. The molecule has 2 aliphatic heterocycles. The topological polar surface area (TPSA) is 55.9 Å². The Hall–Kier alpha value is -1.14. The molecule has 0 radical (unpaired) electrons. The summed E-state index contributed by atoms with van der Waals surface area (Å²) in [5.41, 5.74) is -0.124. The third-order valence-electron chi connectivity index (χ3n) is 6.26. The highest BCUT2D eigenvalue weighted by atomic mass is 16.2. The zero-order chi connectivity index (χ0) is 17.2. The SMILES string of the molecule is CN(C)C(=O)CCN1CCN(C(=O)[C@@]23CCCC[C@H]2CNC3)CC1. The van der Waals surface area contributed by atoms with Crippen molar-refractivity contribution in [2.24, 2.45) is 11.3 Å². The number of fused-ring (bicyclic) bond motifs is 1. The molecular weight excluding hydrogens is 304 g/mol. The second kappa shape index (κ2) is 7.40. The fourth-order valence-electron chi connectivity index (χ4n) is 4.64. The fourth-order valence-corrected chi connectivity index (χ4v) is 4.64. The lowest BCUT2D eigenvalue weighted by Crippen LogP contribution is -2.56. The van der Waals surface area contributed by atoms with Gasteiger partial charge in [-0.05, 0) is 25.3 Å². The van der Waals surface area contributed by atoms with Crippen molar-refractivity contribution < 1.29 is 9.59 Å². The van der Waals surface area contributed by atoms with Gasteiger partial charge in [0, 0.05) is 59.8 Å². The molecule has 0 aromatic rings. The van der Waals surface area contributed by atoms with Crippen LogP contribution in [0.1, 0.15) is 32.1 Å². The number of hydrogen-bond donors (Lipinski definition) is 1. The lowest BCUT2D eigenvalue weighted by molar-refractivity contribution is -0.147. The monoisotopic (exact) mass is 336 g/mol. The number of amides is 2. The van der Waals surface area contributed by atoms with E-state index in [2.05, 4.69) is 15.1 Å². The van der Waals surface area contributed by atoms with Gasteiger partial charge in [-0.15, -0.1) is 0 Å². The zero-order valence-electron chi connectivity index (χ0n) is 15.2. The molecule has 24 heavy (non-hydrogen) atoms. The first-order chi connectivity index (χ1) is 11.5. The first kappa shape index (κ1) is 17.7. The molecule has 2 atom stereocenters. The highest BCUT2D eigenvalue weighted by Crippen LogP contribution is 2.45. The van der Waals surface area contributed by atoms with Gasteiger partial charge in [0.1, 0.15) is 0 Å². The van der Waals surface area contributed by atoms with Gasteiger partial charge in [-0.3, -0.25) is 14.5 Å². The van der Waals surface area contributed by atoms with E-state index in [4.69, 9.17) is 0 Å². The van der Waals surface area contributed by atoms with E-state index in [-0.39, 0.29) is 11.3 Å². The van der Waals surface area contributed by atoms with Gasteiger partial charge < -0.3 is 15.1 Å². The molecule has 3 rings (SSSR count). The lowest BCUT2D eigenvalue weighted by atomic mass is 9.67. The van der Waals surface area contributed by atoms with E-state index in [1.165, 1.54) is 19.3 Å². The molecule has 1 N–H and O–H groups in total. The van der Waals surface area contributed by atoms with Gasteiger partial charge in [-0.2, -0.15) is 0 Å². The second-order valence-electron chi connectivity index (χ2n) is 7.90. The molecule has 136 valence electrons. The molecule has 2 amide bonds. The average molecular weight is 336 g/mol. The Kier molecular flexibility index (Phi) is 5.45. The number of nitrogens with one attached hydrogen (secondary N) is 1. The van der Waals surface area contributed by atoms with Crippen LogP contribution in [0.15, 0.2) is 0 Å². The molecule has 1 aliphatic carbocycles. The molecule has 3 aliphatic rings. The summed E-state index contributed by atoms with van der Waals surface area (Å²) in [4.78, 5) is 31.0. The molecule has 0 spiro atoms. The zero-order valence-corrected chi connectivity index (χ0v) is 15.2. The van der Waals surface area contributed by atoms with E-state index >= 15 is 0 Å². The van der Waals surface area contributed by atoms with Gasteiger partial charge in [0.25, 0.3) is 0 Å². The van der Waals surface area contributed by atoms with Crippen LogP contribution in [0.5, 0.6) is 0 Å². The van der Waals surface area contributed by atoms with E-state index in [9.17, 15) is 9.59 Å². The van der Waals surface area contributed by atoms with Gasteiger partial charge in [-0.25, -0.2) is 0 Å². The minimum absolute atomic E-state index is 0.124. The summed E-state index contributed by atoms with van der Waals surface area (Å²) < 4.78 is 0. The van der Waals surface area contributed by atoms with Crippen molar-refractivity contribution in [2.75, 3.05) is 59.9 Å². The van der Waals surface area contributed by atoms with E-state index in [1.807, 2.05) is 0 Å². The summed E-state index contributed by atoms with van der Waals surface area (Å²) in [6, 6.07) is 0. The maximum absolute atomic E-state index is 13.2. The molecule has 0 unspecified atom stereocenters. The number of nitrogens with zero attached hydrogens (tertiary/aromatic N) is 3. The van der Waals surface area contributed by atoms with Crippen molar-refractivity contribution in [1.29, 1.82) is 0 Å². The van der Waals surface area contributed by atoms with Gasteiger partial charge in [-0.1, -0.05) is 12.8 Å². The Morgan fingerprint density at radius 3 is 2.62 bits per heavy atom. The molecule has 0 aromatic heterocycles. The van der Waals surface area contributed by atoms with Crippen LogP contribution in [0.2, 0.25) is 0 Å². The van der Waals surface area contributed by atoms with Crippen LogP contribution in [0.25, 0.3) is 0 Å². The normalized spacial score (nSPS) is 30.9. The summed E-state index contributed by atoms with van der Waals surface area (Å²) in [5.74, 6) is 1.10. The van der Waals surface area contributed by atoms with Gasteiger partial charge in [0.05, 0.1) is 5.41 Å². The summed E-state index contributed by atoms with van der Waals surface area (Å²) in [6.07, 6.45) is 5.29. The number of hydrogen-bond acceptors (Lipinski definition) is 4. The number of piperazine rings is 1. The van der Waals surface area contributed by atoms with Gasteiger partial charge >= 0.3 is 0 Å². The second-order valence-corrected chi connectivity index (χ2v) is 7.90. The summed E-state index contributed by atoms with van der Waals surface area (Å²) in [7, 11) is 3.60. The maximum atomic E-state index is 13.2. The highest BCUT2D eigenvalue weighted by molar-refractivity contribution is 5.84. The summed E-state index contributed by atoms with van der Waals surface area (Å²) >= 11 is 0. The Labute approximate surface area is 145 Å². The summed E-state index contributed by atoms with van der Waals surface area (Å²) in [5, 5.41) is 3.48. The Balaban J connectivity index is 1.51. The van der Waals surface area contributed by atoms with Crippen LogP contribution < -0.4 is 5.32 Å². The van der Waals surface area contributed by atoms with Crippen LogP contribution in [0.3, 0.4) is 0 Å². The van der Waals surface area contributed by atoms with Crippen molar-refractivity contribution in [3.8, 4) is 0 Å². The average Bonchev–Trinajstić information content (AvgIpc) is 3.04. The molecule has 1 saturated carbocycles. The molecule has 2 saturated heterocycles. The van der Waals surface area contributed by atoms with Crippen molar-refractivity contribution in [3.63, 3.8) is 0 Å². The molecule has 2 heterocycles. The van der Waals surface area contributed by atoms with Crippen LogP contribution >= 0.6 is 0 Å². The smallest absolute Gasteiger partial charge is 0.230 e. The Bertz CT molecular complexity index is 474. The van der Waals surface area contributed by atoms with Crippen LogP contribution in [0.4, 0.5) is 0 Å². The van der Waals surface area contributed by atoms with E-state index in [0.29, 0.717) is 18.2 Å². The Morgan fingerprint density at radius 2 is 1.92 bits per heavy atom. The number of rotatable bonds is 4. The predicted octanol–water partition coefficient (Wildman–Crippen LogP) is 0.389. The van der Waals surface area contributed by atoms with E-state index in [0.717, 1.165) is 52.2 Å². The van der Waals surface area contributed by atoms with Crippen LogP contribution in [-0.4, -0.2) is 86.4 Å². The third kappa shape index (κ3) is 3.45. The van der Waals surface area contributed by atoms with Gasteiger partial charge in [0.2, 0.25) is 11.8 Å². The van der Waals surface area contributed by atoms with Crippen LogP contribution in [0, 0.1) is 11.3 Å². The number of carbonyl (C=O) groups is 2. The van der Waals surface area contributed by atoms with Crippen molar-refractivity contribution in [2.45, 2.75) is 32.1 Å². The number of carbonyl (C=O) groups excluding carboxylic acids is 2. The molecule has 0 aromatic carbocycles. The first-order valence-electron chi connectivity index (χ1n) is 9.45.